The van der Waals surface area contributed by atoms with E-state index in [1.54, 1.807) is 0 Å². The van der Waals surface area contributed by atoms with E-state index in [4.69, 9.17) is 32.3 Å². The van der Waals surface area contributed by atoms with Gasteiger partial charge >= 0.3 is 33.6 Å². The van der Waals surface area contributed by atoms with Crippen molar-refractivity contribution in [1.82, 2.24) is 0 Å². The molecule has 97 heavy (non-hydrogen) atoms. The highest BCUT2D eigenvalue weighted by molar-refractivity contribution is 7.47. The minimum absolute atomic E-state index is 0.0755. The van der Waals surface area contributed by atoms with Crippen LogP contribution in [0.15, 0.2) is 146 Å². The zero-order valence-corrected chi connectivity index (χ0v) is 62.0. The molecule has 0 bridgehead atoms. The van der Waals surface area contributed by atoms with Gasteiger partial charge in [0.1, 0.15) is 25.4 Å². The molecule has 0 aliphatic rings. The van der Waals surface area contributed by atoms with Crippen LogP contribution < -0.4 is 0 Å². The van der Waals surface area contributed by atoms with Gasteiger partial charge in [0.05, 0.1) is 26.4 Å². The number of phosphoric acid groups is 2. The lowest BCUT2D eigenvalue weighted by molar-refractivity contribution is -0.161. The lowest BCUT2D eigenvalue weighted by atomic mass is 10.1. The molecule has 0 saturated carbocycles. The van der Waals surface area contributed by atoms with Gasteiger partial charge in [-0.3, -0.25) is 32.5 Å². The van der Waals surface area contributed by atoms with Gasteiger partial charge in [-0.25, -0.2) is 9.13 Å². The van der Waals surface area contributed by atoms with E-state index in [1.807, 2.05) is 0 Å². The predicted octanol–water partition coefficient (Wildman–Crippen LogP) is 21.3. The molecule has 5 atom stereocenters. The van der Waals surface area contributed by atoms with Gasteiger partial charge in [0.15, 0.2) is 6.10 Å². The molecule has 0 fully saturated rings. The van der Waals surface area contributed by atoms with Crippen LogP contribution in [-0.4, -0.2) is 95.9 Å². The van der Waals surface area contributed by atoms with Gasteiger partial charge in [-0.05, 0) is 141 Å². The number of esters is 3. The van der Waals surface area contributed by atoms with Gasteiger partial charge in [0.25, 0.3) is 0 Å². The fourth-order valence-corrected chi connectivity index (χ4v) is 11.0. The summed E-state index contributed by atoms with van der Waals surface area (Å²) in [5.74, 6) is -1.63. The summed E-state index contributed by atoms with van der Waals surface area (Å²) in [7, 11) is -9.81. The lowest BCUT2D eigenvalue weighted by Gasteiger charge is -2.21. The Bertz CT molecular complexity index is 2350. The highest BCUT2D eigenvalue weighted by Crippen LogP contribution is 2.45. The van der Waals surface area contributed by atoms with Crippen LogP contribution in [0.4, 0.5) is 0 Å². The monoisotopic (exact) mass is 1400 g/mol. The lowest BCUT2D eigenvalue weighted by Crippen LogP contribution is -2.30. The molecule has 0 radical (unpaired) electrons. The fourth-order valence-electron chi connectivity index (χ4n) is 9.42. The molecule has 0 aliphatic carbocycles. The number of hydrogen-bond donors (Lipinski definition) is 4. The van der Waals surface area contributed by atoms with Crippen LogP contribution in [0.2, 0.25) is 0 Å². The quantitative estimate of drug-likeness (QED) is 0.0146. The average molecular weight is 1400 g/mol. The maximum absolute atomic E-state index is 12.9. The van der Waals surface area contributed by atoms with Crippen LogP contribution in [0.3, 0.4) is 0 Å². The number of ether oxygens (including phenoxy) is 3. The van der Waals surface area contributed by atoms with E-state index in [0.29, 0.717) is 19.3 Å². The number of allylic oxidation sites excluding steroid dienone is 24. The Morgan fingerprint density at radius 1 is 0.299 bits per heavy atom. The third-order valence-electron chi connectivity index (χ3n) is 15.0. The number of carbonyl (C=O) groups is 3. The first kappa shape index (κ1) is 92.4. The molecule has 0 aliphatic heterocycles. The molecule has 0 aromatic heterocycles. The van der Waals surface area contributed by atoms with E-state index >= 15 is 0 Å². The molecule has 0 aromatic rings. The van der Waals surface area contributed by atoms with Crippen LogP contribution in [-0.2, 0) is 55.8 Å². The average Bonchev–Trinajstić information content (AvgIpc) is 2.08. The number of unbranched alkanes of at least 4 members (excludes halogenated alkanes) is 22. The first-order chi connectivity index (χ1) is 47.2. The predicted molar refractivity (Wildman–Crippen MR) is 399 cm³/mol. The summed E-state index contributed by atoms with van der Waals surface area (Å²) in [5.41, 5.74) is 0. The van der Waals surface area contributed by atoms with Gasteiger partial charge in [-0.2, -0.15) is 0 Å². The van der Waals surface area contributed by atoms with E-state index < -0.39 is 91.5 Å². The van der Waals surface area contributed by atoms with Crippen molar-refractivity contribution in [2.24, 2.45) is 0 Å². The van der Waals surface area contributed by atoms with Crippen molar-refractivity contribution < 1.29 is 75.8 Å². The number of hydrogen-bond acceptors (Lipinski definition) is 14. The molecular weight excluding hydrogens is 1270 g/mol. The van der Waals surface area contributed by atoms with Gasteiger partial charge in [-0.15, -0.1) is 0 Å². The maximum Gasteiger partial charge on any atom is 0.472 e. The third-order valence-corrected chi connectivity index (χ3v) is 16.9. The summed E-state index contributed by atoms with van der Waals surface area (Å²) >= 11 is 0. The Kier molecular flexibility index (Phi) is 67.9. The van der Waals surface area contributed by atoms with Gasteiger partial charge in [0.2, 0.25) is 0 Å². The summed E-state index contributed by atoms with van der Waals surface area (Å²) in [6.07, 6.45) is 86.0. The van der Waals surface area contributed by atoms with Gasteiger partial charge < -0.3 is 34.2 Å². The van der Waals surface area contributed by atoms with E-state index in [2.05, 4.69) is 167 Å². The molecule has 0 amide bonds. The topological polar surface area (TPSA) is 231 Å². The summed E-state index contributed by atoms with van der Waals surface area (Å²) in [4.78, 5) is 58.5. The minimum atomic E-state index is -4.94. The van der Waals surface area contributed by atoms with Crippen LogP contribution in [0.5, 0.6) is 0 Å². The van der Waals surface area contributed by atoms with E-state index in [1.165, 1.54) is 51.4 Å². The minimum Gasteiger partial charge on any atom is -0.463 e. The van der Waals surface area contributed by atoms with Crippen molar-refractivity contribution in [3.63, 3.8) is 0 Å². The number of aliphatic hydroxyl groups excluding tert-OH is 2. The van der Waals surface area contributed by atoms with Crippen LogP contribution in [0.25, 0.3) is 0 Å². The Morgan fingerprint density at radius 3 is 0.866 bits per heavy atom. The second kappa shape index (κ2) is 71.3. The molecule has 0 rings (SSSR count). The third kappa shape index (κ3) is 72.5. The Hall–Kier alpha value is -4.57. The largest absolute Gasteiger partial charge is 0.472 e. The van der Waals surface area contributed by atoms with Crippen LogP contribution >= 0.6 is 15.6 Å². The smallest absolute Gasteiger partial charge is 0.463 e. The van der Waals surface area contributed by atoms with Crippen molar-refractivity contribution >= 4 is 33.6 Å². The number of phosphoric ester groups is 2. The van der Waals surface area contributed by atoms with Crippen molar-refractivity contribution in [2.45, 2.75) is 296 Å². The normalized spacial score (nSPS) is 14.9. The highest BCUT2D eigenvalue weighted by atomic mass is 31.2. The maximum atomic E-state index is 12.9. The van der Waals surface area contributed by atoms with E-state index in [-0.39, 0.29) is 19.3 Å². The Morgan fingerprint density at radius 2 is 0.546 bits per heavy atom. The molecule has 0 spiro atoms. The SMILES string of the molecule is CC/C=C\C/C=C\C/C=C\C/C=C\C/C=C\CCCCCCCC(=O)OCC(COP(=O)(O)OCC(O)COP(=O)(O)OCC(O)COC(=O)CCCCCCCCCCC/C=C\C/C=C\C/C=C\C/C=C\CCCCC)OC(=O)CCCCCCC/C=C\C/C=C\C/C=C\CC. The zero-order chi connectivity index (χ0) is 70.9. The molecule has 18 heteroatoms. The first-order valence-corrected chi connectivity index (χ1v) is 40.1. The van der Waals surface area contributed by atoms with E-state index in [9.17, 15) is 43.5 Å². The van der Waals surface area contributed by atoms with Crippen LogP contribution in [0, 0.1) is 0 Å². The van der Waals surface area contributed by atoms with Crippen molar-refractivity contribution in [3.8, 4) is 0 Å². The zero-order valence-electron chi connectivity index (χ0n) is 60.2. The molecule has 0 heterocycles. The Labute approximate surface area is 587 Å². The van der Waals surface area contributed by atoms with Crippen molar-refractivity contribution in [3.05, 3.63) is 146 Å². The molecule has 0 saturated heterocycles. The van der Waals surface area contributed by atoms with Crippen LogP contribution in [0.1, 0.15) is 278 Å². The standard InChI is InChI=1S/C79H132O16P2/c1-4-7-10-13-16-19-22-25-28-30-32-34-35-36-37-39-41-42-45-47-50-53-56-59-62-65-77(82)89-68-74(80)69-91-96(85,86)92-70-75(81)71-93-97(87,88)94-73-76(95-79(84)67-64-61-58-55-52-49-44-27-24-21-18-15-12-9-6-3)72-90-78(83)66-63-60-57-54-51-48-46-43-40-38-33-31-29-26-23-20-17-14-11-8-5-2/h8-9,11-12,16-21,25-29,32-34,36-38,43-44,46,74-76,80-81H,4-7,10,13-15,22-24,30-31,35,39-42,45,47-73H2,1-3H3,(H,85,86)(H,87,88)/b11-8-,12-9-,19-16-,20-17-,21-18-,28-25-,29-26-,34-32-,37-36-,38-33-,44-27-,46-43-. The molecule has 5 unspecified atom stereocenters. The molecule has 0 aromatic carbocycles. The van der Waals surface area contributed by atoms with E-state index in [0.717, 1.165) is 167 Å². The summed E-state index contributed by atoms with van der Waals surface area (Å²) in [5, 5.41) is 20.6. The number of rotatable bonds is 69. The van der Waals surface area contributed by atoms with Gasteiger partial charge in [-0.1, -0.05) is 263 Å². The molecular formula is C79H132O16P2. The highest BCUT2D eigenvalue weighted by Gasteiger charge is 2.29. The first-order valence-electron chi connectivity index (χ1n) is 37.1. The summed E-state index contributed by atoms with van der Waals surface area (Å²) in [6.45, 7) is 2.36. The van der Waals surface area contributed by atoms with Gasteiger partial charge in [0, 0.05) is 19.3 Å². The Balaban J connectivity index is 4.64. The molecule has 4 N–H and O–H groups in total. The molecule has 554 valence electrons. The second-order valence-corrected chi connectivity index (χ2v) is 27.2. The second-order valence-electron chi connectivity index (χ2n) is 24.3. The van der Waals surface area contributed by atoms with Crippen molar-refractivity contribution in [2.75, 3.05) is 39.6 Å². The summed E-state index contributed by atoms with van der Waals surface area (Å²) in [6, 6.07) is 0. The van der Waals surface area contributed by atoms with Crippen molar-refractivity contribution in [1.29, 1.82) is 0 Å². The number of carbonyl (C=O) groups excluding carboxylic acids is 3. The molecule has 16 nitrogen and oxygen atoms in total. The summed E-state index contributed by atoms with van der Waals surface area (Å²) < 4.78 is 61.0. The fraction of sp³-hybridized carbons (Fsp3) is 0.658. The number of aliphatic hydroxyl groups is 2.